The monoisotopic (exact) mass is 144 g/mol. The van der Waals surface area contributed by atoms with E-state index >= 15 is 0 Å². The van der Waals surface area contributed by atoms with E-state index in [9.17, 15) is 0 Å². The molecule has 0 aliphatic carbocycles. The second-order valence-electron chi connectivity index (χ2n) is 2.32. The van der Waals surface area contributed by atoms with Crippen molar-refractivity contribution in [2.24, 2.45) is 0 Å². The van der Waals surface area contributed by atoms with Gasteiger partial charge in [-0.1, -0.05) is 0 Å². The summed E-state index contributed by atoms with van der Waals surface area (Å²) < 4.78 is 5.12. The molecule has 0 spiro atoms. The van der Waals surface area contributed by atoms with Crippen molar-refractivity contribution < 1.29 is 3.53 Å². The Morgan fingerprint density at radius 3 is 1.50 bits per heavy atom. The van der Waals surface area contributed by atoms with E-state index in [1.54, 1.807) is 0 Å². The minimum atomic E-state index is 0.125. The molecule has 0 saturated heterocycles. The molecule has 0 bridgehead atoms. The molecule has 0 aliphatic heterocycles. The Hall–Kier alpha value is 0.596. The summed E-state index contributed by atoms with van der Waals surface area (Å²) in [5.74, 6) is 0. The Balaban J connectivity index is 3.17. The zero-order valence-electron chi connectivity index (χ0n) is 4.91. The van der Waals surface area contributed by atoms with Gasteiger partial charge >= 0.3 is 48.9 Å². The second kappa shape index (κ2) is 2.05. The molecule has 0 heterocycles. The molecule has 0 rings (SSSR count). The predicted octanol–water partition coefficient (Wildman–Crippen LogP) is 0.350. The van der Waals surface area contributed by atoms with Crippen LogP contribution in [0.4, 0.5) is 0 Å². The maximum atomic E-state index is 5.12. The summed E-state index contributed by atoms with van der Waals surface area (Å²) in [7, 11) is 0. The molecule has 0 aromatic rings. The van der Waals surface area contributed by atoms with Crippen molar-refractivity contribution >= 4 is 19.0 Å². The van der Waals surface area contributed by atoms with E-state index in [1.165, 1.54) is 0 Å². The zero-order chi connectivity index (χ0) is 5.21. The topological polar surface area (TPSA) is 9.23 Å². The third-order valence-electron chi connectivity index (χ3n) is 0.612. The molecular formula is C4H11GaO. The average Bonchev–Trinajstić information content (AvgIpc) is 1.35. The molecule has 6 heavy (non-hydrogen) atoms. The predicted molar refractivity (Wildman–Crippen MR) is 29.4 cm³/mol. The molecule has 2 heteroatoms. The summed E-state index contributed by atoms with van der Waals surface area (Å²) >= 11 is 0.547. The Kier molecular flexibility index (Phi) is 2.25. The molecule has 0 unspecified atom stereocenters. The maximum absolute atomic E-state index is 5.12. The van der Waals surface area contributed by atoms with Gasteiger partial charge in [0.2, 0.25) is 0 Å². The van der Waals surface area contributed by atoms with Crippen LogP contribution in [0.3, 0.4) is 0 Å². The normalized spacial score (nSPS) is 11.8. The first-order chi connectivity index (χ1) is 2.56. The van der Waals surface area contributed by atoms with Crippen LogP contribution < -0.4 is 0 Å². The third kappa shape index (κ3) is 4.60. The van der Waals surface area contributed by atoms with Gasteiger partial charge in [0.1, 0.15) is 0 Å². The van der Waals surface area contributed by atoms with Crippen molar-refractivity contribution in [1.29, 1.82) is 0 Å². The molecule has 0 fully saturated rings. The van der Waals surface area contributed by atoms with Crippen LogP contribution in [0.2, 0.25) is 0 Å². The van der Waals surface area contributed by atoms with Gasteiger partial charge in [-0.25, -0.2) is 0 Å². The number of rotatable bonds is 0. The van der Waals surface area contributed by atoms with Gasteiger partial charge in [0.05, 0.1) is 0 Å². The summed E-state index contributed by atoms with van der Waals surface area (Å²) in [4.78, 5) is 0. The van der Waals surface area contributed by atoms with Crippen LogP contribution in [-0.4, -0.2) is 24.6 Å². The van der Waals surface area contributed by atoms with Gasteiger partial charge in [0.25, 0.3) is 0 Å². The average molecular weight is 145 g/mol. The SMILES string of the molecule is CC(C)(C)[O][GaH2]. The van der Waals surface area contributed by atoms with E-state index in [2.05, 4.69) is 20.8 Å². The van der Waals surface area contributed by atoms with Crippen molar-refractivity contribution in [2.75, 3.05) is 0 Å². The molecule has 0 radical (unpaired) electrons. The Labute approximate surface area is 49.4 Å². The van der Waals surface area contributed by atoms with Gasteiger partial charge in [0, 0.05) is 0 Å². The van der Waals surface area contributed by atoms with E-state index in [0.717, 1.165) is 0 Å². The summed E-state index contributed by atoms with van der Waals surface area (Å²) in [6, 6.07) is 0. The van der Waals surface area contributed by atoms with Gasteiger partial charge < -0.3 is 0 Å². The molecule has 0 atom stereocenters. The van der Waals surface area contributed by atoms with Crippen LogP contribution in [0.25, 0.3) is 0 Å². The van der Waals surface area contributed by atoms with Crippen LogP contribution in [-0.2, 0) is 3.53 Å². The Morgan fingerprint density at radius 1 is 1.33 bits per heavy atom. The van der Waals surface area contributed by atoms with Gasteiger partial charge in [-0.05, 0) is 0 Å². The summed E-state index contributed by atoms with van der Waals surface area (Å²) in [5, 5.41) is 0. The fourth-order valence-corrected chi connectivity index (χ4v) is 0. The van der Waals surface area contributed by atoms with Crippen LogP contribution in [0.15, 0.2) is 0 Å². The third-order valence-corrected chi connectivity index (χ3v) is 3.18. The van der Waals surface area contributed by atoms with Gasteiger partial charge in [-0.3, -0.25) is 0 Å². The molecule has 0 N–H and O–H groups in total. The van der Waals surface area contributed by atoms with Crippen molar-refractivity contribution in [1.82, 2.24) is 0 Å². The summed E-state index contributed by atoms with van der Waals surface area (Å²) in [6.07, 6.45) is 0. The van der Waals surface area contributed by atoms with Gasteiger partial charge in [0.15, 0.2) is 0 Å². The van der Waals surface area contributed by atoms with E-state index in [-0.39, 0.29) is 5.60 Å². The van der Waals surface area contributed by atoms with Gasteiger partial charge in [-0.2, -0.15) is 0 Å². The molecular weight excluding hydrogens is 134 g/mol. The number of hydrogen-bond donors (Lipinski definition) is 0. The Morgan fingerprint density at radius 2 is 1.50 bits per heavy atom. The minimum absolute atomic E-state index is 0.125. The van der Waals surface area contributed by atoms with Crippen molar-refractivity contribution in [3.63, 3.8) is 0 Å². The molecule has 0 amide bonds. The first kappa shape index (κ1) is 6.60. The number of hydrogen-bond acceptors (Lipinski definition) is 1. The molecule has 0 aliphatic rings. The molecule has 0 saturated carbocycles. The Bertz CT molecular complexity index is 37.3. The van der Waals surface area contributed by atoms with Crippen LogP contribution in [0.1, 0.15) is 20.8 Å². The van der Waals surface area contributed by atoms with Crippen molar-refractivity contribution in [3.05, 3.63) is 0 Å². The molecule has 1 nitrogen and oxygen atoms in total. The van der Waals surface area contributed by atoms with E-state index < -0.39 is 0 Å². The first-order valence-electron chi connectivity index (χ1n) is 2.11. The quantitative estimate of drug-likeness (QED) is 0.446. The molecule has 0 aromatic carbocycles. The van der Waals surface area contributed by atoms with Crippen molar-refractivity contribution in [2.45, 2.75) is 26.4 Å². The van der Waals surface area contributed by atoms with Crippen LogP contribution >= 0.6 is 0 Å². The summed E-state index contributed by atoms with van der Waals surface area (Å²) in [5.41, 5.74) is 0.125. The van der Waals surface area contributed by atoms with E-state index in [1.807, 2.05) is 0 Å². The fourth-order valence-electron chi connectivity index (χ4n) is 0. The van der Waals surface area contributed by atoms with Crippen LogP contribution in [0.5, 0.6) is 0 Å². The van der Waals surface area contributed by atoms with Crippen molar-refractivity contribution in [3.8, 4) is 0 Å². The molecule has 0 aromatic heterocycles. The second-order valence-corrected chi connectivity index (χ2v) is 3.17. The van der Waals surface area contributed by atoms with E-state index in [4.69, 9.17) is 3.53 Å². The standard InChI is InChI=1S/C4H9O.Ga.2H/c1-4(2,3)5;;;/h1-3H3;;;/q-1;+1;;. The fraction of sp³-hybridized carbons (Fsp3) is 1.00. The zero-order valence-corrected chi connectivity index (χ0v) is 9.10. The van der Waals surface area contributed by atoms with Crippen LogP contribution in [0, 0.1) is 0 Å². The first-order valence-corrected chi connectivity index (χ1v) is 3.83. The summed E-state index contributed by atoms with van der Waals surface area (Å²) in [6.45, 7) is 6.20. The molecule has 36 valence electrons. The van der Waals surface area contributed by atoms with Gasteiger partial charge in [-0.15, -0.1) is 0 Å². The van der Waals surface area contributed by atoms with E-state index in [0.29, 0.717) is 19.0 Å².